The van der Waals surface area contributed by atoms with E-state index in [1.54, 1.807) is 18.5 Å². The van der Waals surface area contributed by atoms with Crippen LogP contribution in [0.5, 0.6) is 0 Å². The number of aromatic amines is 2. The molecule has 0 saturated heterocycles. The second-order valence-electron chi connectivity index (χ2n) is 6.61. The average Bonchev–Trinajstić information content (AvgIpc) is 3.31. The quantitative estimate of drug-likeness (QED) is 0.430. The second kappa shape index (κ2) is 6.77. The summed E-state index contributed by atoms with van der Waals surface area (Å²) in [4.78, 5) is 12.0. The third kappa shape index (κ3) is 3.07. The molecule has 0 aliphatic heterocycles. The summed E-state index contributed by atoms with van der Waals surface area (Å²) in [5.74, 6) is 0.358. The number of aromatic nitrogens is 5. The maximum Gasteiger partial charge on any atom is 0.159 e. The van der Waals surface area contributed by atoms with Gasteiger partial charge in [-0.15, -0.1) is 0 Å². The minimum atomic E-state index is -0.296. The van der Waals surface area contributed by atoms with Crippen LogP contribution in [-0.2, 0) is 6.42 Å². The van der Waals surface area contributed by atoms with Crippen LogP contribution in [0.2, 0.25) is 0 Å². The first-order chi connectivity index (χ1) is 13.8. The fourth-order valence-corrected chi connectivity index (χ4v) is 3.30. The molecular formula is C21H17FN6. The van der Waals surface area contributed by atoms with Gasteiger partial charge >= 0.3 is 0 Å². The molecule has 0 unspecified atom stereocenters. The van der Waals surface area contributed by atoms with Gasteiger partial charge in [-0.1, -0.05) is 0 Å². The number of H-pyrrole nitrogens is 2. The largest absolute Gasteiger partial charge is 0.385 e. The standard InChI is InChI=1S/C21H17FN6/c22-14-1-3-16-18(11-14)27-28-20(16)21-25-17-4-2-15(12-19(17)26-21)24-10-7-13-5-8-23-9-6-13/h1-6,8-9,11-12,24H,7,10H2,(H,25,26)(H,27,28). The molecule has 0 bridgehead atoms. The Kier molecular flexibility index (Phi) is 3.97. The van der Waals surface area contributed by atoms with E-state index in [0.29, 0.717) is 17.0 Å². The van der Waals surface area contributed by atoms with Crippen LogP contribution in [0.3, 0.4) is 0 Å². The second-order valence-corrected chi connectivity index (χ2v) is 6.61. The lowest BCUT2D eigenvalue weighted by atomic mass is 10.2. The summed E-state index contributed by atoms with van der Waals surface area (Å²) in [5, 5.41) is 11.4. The molecule has 3 heterocycles. The summed E-state index contributed by atoms with van der Waals surface area (Å²) in [6.07, 6.45) is 4.53. The molecule has 5 rings (SSSR count). The Balaban J connectivity index is 1.39. The third-order valence-electron chi connectivity index (χ3n) is 4.72. The number of benzene rings is 2. The zero-order chi connectivity index (χ0) is 18.9. The molecule has 5 aromatic rings. The summed E-state index contributed by atoms with van der Waals surface area (Å²) in [7, 11) is 0. The fraction of sp³-hybridized carbons (Fsp3) is 0.0952. The van der Waals surface area contributed by atoms with Gasteiger partial charge in [-0.3, -0.25) is 10.1 Å². The summed E-state index contributed by atoms with van der Waals surface area (Å²) in [6, 6.07) is 14.6. The number of anilines is 1. The molecule has 0 saturated carbocycles. The first kappa shape index (κ1) is 16.4. The van der Waals surface area contributed by atoms with E-state index in [2.05, 4.69) is 30.5 Å². The highest BCUT2D eigenvalue weighted by molar-refractivity contribution is 5.93. The fourth-order valence-electron chi connectivity index (χ4n) is 3.30. The number of imidazole rings is 1. The van der Waals surface area contributed by atoms with Gasteiger partial charge < -0.3 is 10.3 Å². The van der Waals surface area contributed by atoms with Crippen molar-refractivity contribution in [3.05, 3.63) is 72.3 Å². The Labute approximate surface area is 159 Å². The van der Waals surface area contributed by atoms with Gasteiger partial charge in [0.05, 0.1) is 16.6 Å². The van der Waals surface area contributed by atoms with E-state index < -0.39 is 0 Å². The zero-order valence-corrected chi connectivity index (χ0v) is 14.9. The van der Waals surface area contributed by atoms with Crippen molar-refractivity contribution in [1.82, 2.24) is 25.1 Å². The van der Waals surface area contributed by atoms with E-state index in [1.807, 2.05) is 30.3 Å². The normalized spacial score (nSPS) is 11.3. The number of fused-ring (bicyclic) bond motifs is 2. The van der Waals surface area contributed by atoms with Crippen LogP contribution in [0.15, 0.2) is 60.9 Å². The molecule has 0 aliphatic carbocycles. The Morgan fingerprint density at radius 2 is 1.86 bits per heavy atom. The summed E-state index contributed by atoms with van der Waals surface area (Å²) < 4.78 is 13.4. The molecule has 28 heavy (non-hydrogen) atoms. The van der Waals surface area contributed by atoms with E-state index in [4.69, 9.17) is 0 Å². The molecule has 138 valence electrons. The summed E-state index contributed by atoms with van der Waals surface area (Å²) in [5.41, 5.74) is 5.36. The molecule has 3 aromatic heterocycles. The predicted molar refractivity (Wildman–Crippen MR) is 108 cm³/mol. The maximum absolute atomic E-state index is 13.4. The molecule has 0 amide bonds. The molecule has 0 fully saturated rings. The van der Waals surface area contributed by atoms with Crippen molar-refractivity contribution in [1.29, 1.82) is 0 Å². The van der Waals surface area contributed by atoms with Gasteiger partial charge in [-0.2, -0.15) is 5.10 Å². The van der Waals surface area contributed by atoms with Gasteiger partial charge in [-0.25, -0.2) is 9.37 Å². The molecule has 0 aliphatic rings. The predicted octanol–water partition coefficient (Wildman–Crippen LogP) is 4.29. The first-order valence-corrected chi connectivity index (χ1v) is 9.03. The number of hydrogen-bond acceptors (Lipinski definition) is 4. The van der Waals surface area contributed by atoms with E-state index in [1.165, 1.54) is 17.7 Å². The van der Waals surface area contributed by atoms with Gasteiger partial charge in [0, 0.05) is 30.0 Å². The Bertz CT molecular complexity index is 1260. The van der Waals surface area contributed by atoms with Crippen molar-refractivity contribution in [2.24, 2.45) is 0 Å². The molecule has 0 spiro atoms. The van der Waals surface area contributed by atoms with Gasteiger partial charge in [-0.05, 0) is 60.5 Å². The lowest BCUT2D eigenvalue weighted by molar-refractivity contribution is 0.629. The first-order valence-electron chi connectivity index (χ1n) is 9.03. The van der Waals surface area contributed by atoms with E-state index in [-0.39, 0.29) is 5.82 Å². The number of pyridine rings is 1. The smallest absolute Gasteiger partial charge is 0.159 e. The van der Waals surface area contributed by atoms with Gasteiger partial charge in [0.25, 0.3) is 0 Å². The van der Waals surface area contributed by atoms with Crippen molar-refractivity contribution in [3.8, 4) is 11.5 Å². The van der Waals surface area contributed by atoms with Gasteiger partial charge in [0.15, 0.2) is 5.82 Å². The van der Waals surface area contributed by atoms with Crippen LogP contribution in [-0.4, -0.2) is 31.7 Å². The van der Waals surface area contributed by atoms with E-state index in [9.17, 15) is 4.39 Å². The maximum atomic E-state index is 13.4. The average molecular weight is 372 g/mol. The van der Waals surface area contributed by atoms with Crippen LogP contribution < -0.4 is 5.32 Å². The summed E-state index contributed by atoms with van der Waals surface area (Å²) >= 11 is 0. The van der Waals surface area contributed by atoms with Crippen LogP contribution in [0.25, 0.3) is 33.5 Å². The van der Waals surface area contributed by atoms with E-state index in [0.717, 1.165) is 35.1 Å². The molecule has 6 nitrogen and oxygen atoms in total. The SMILES string of the molecule is Fc1ccc2c(-c3nc4ccc(NCCc5ccncc5)cc4[nH]3)n[nH]c2c1. The third-order valence-corrected chi connectivity index (χ3v) is 4.72. The molecule has 7 heteroatoms. The zero-order valence-electron chi connectivity index (χ0n) is 14.9. The monoisotopic (exact) mass is 372 g/mol. The van der Waals surface area contributed by atoms with Crippen LogP contribution in [0.1, 0.15) is 5.56 Å². The number of nitrogens with zero attached hydrogens (tertiary/aromatic N) is 3. The Hall–Kier alpha value is -3.74. The molecular weight excluding hydrogens is 355 g/mol. The number of hydrogen-bond donors (Lipinski definition) is 3. The van der Waals surface area contributed by atoms with Crippen molar-refractivity contribution in [2.75, 3.05) is 11.9 Å². The minimum Gasteiger partial charge on any atom is -0.385 e. The molecule has 0 radical (unpaired) electrons. The van der Waals surface area contributed by atoms with Gasteiger partial charge in [0.1, 0.15) is 11.5 Å². The molecule has 3 N–H and O–H groups in total. The van der Waals surface area contributed by atoms with Crippen LogP contribution >= 0.6 is 0 Å². The minimum absolute atomic E-state index is 0.296. The Morgan fingerprint density at radius 1 is 0.964 bits per heavy atom. The lowest BCUT2D eigenvalue weighted by Gasteiger charge is -2.06. The summed E-state index contributed by atoms with van der Waals surface area (Å²) in [6.45, 7) is 0.825. The van der Waals surface area contributed by atoms with Gasteiger partial charge in [0.2, 0.25) is 0 Å². The highest BCUT2D eigenvalue weighted by Gasteiger charge is 2.13. The number of nitrogens with one attached hydrogen (secondary N) is 3. The van der Waals surface area contributed by atoms with Crippen LogP contribution in [0.4, 0.5) is 10.1 Å². The van der Waals surface area contributed by atoms with Crippen LogP contribution in [0, 0.1) is 5.82 Å². The van der Waals surface area contributed by atoms with E-state index >= 15 is 0 Å². The molecule has 2 aromatic carbocycles. The molecule has 0 atom stereocenters. The number of rotatable bonds is 5. The van der Waals surface area contributed by atoms with Crippen molar-refractivity contribution < 1.29 is 4.39 Å². The highest BCUT2D eigenvalue weighted by atomic mass is 19.1. The van der Waals surface area contributed by atoms with Crippen molar-refractivity contribution in [2.45, 2.75) is 6.42 Å². The Morgan fingerprint density at radius 3 is 2.75 bits per heavy atom. The highest BCUT2D eigenvalue weighted by Crippen LogP contribution is 2.27. The van der Waals surface area contributed by atoms with Crippen molar-refractivity contribution in [3.63, 3.8) is 0 Å². The number of halogens is 1. The topological polar surface area (TPSA) is 82.3 Å². The lowest BCUT2D eigenvalue weighted by Crippen LogP contribution is -2.04. The van der Waals surface area contributed by atoms with Crippen molar-refractivity contribution >= 4 is 27.6 Å².